The molecule has 0 aliphatic rings. The fourth-order valence-electron chi connectivity index (χ4n) is 0. The molecule has 0 unspecified atom stereocenters. The standard InChI is InChI=1S/2ClHO3.O2P/c2*2-1(3)4;1-3-2/h2*2H;. The Balaban J connectivity index is -0.0000000886. The molecule has 0 saturated heterocycles. The molecule has 0 rings (SSSR count). The van der Waals surface area contributed by atoms with E-state index in [9.17, 15) is 0 Å². The normalized spacial score (nSPS) is 7.27. The minimum absolute atomic E-state index is 1.08. The molecule has 8 nitrogen and oxygen atoms in total. The van der Waals surface area contributed by atoms with Gasteiger partial charge in [0, 0.05) is 9.32 Å². The first kappa shape index (κ1) is 17.5. The Morgan fingerprint density at radius 2 is 0.909 bits per heavy atom. The zero-order valence-corrected chi connectivity index (χ0v) is 6.95. The largest absolute Gasteiger partial charge is 0.321 e. The molecule has 0 bridgehead atoms. The predicted molar refractivity (Wildman–Crippen MR) is 12.7 cm³/mol. The van der Waals surface area contributed by atoms with Gasteiger partial charge in [0.2, 0.25) is 0 Å². The molecule has 0 spiro atoms. The van der Waals surface area contributed by atoms with Gasteiger partial charge < -0.3 is 18.6 Å². The fraction of sp³-hybridized carbons (Fsp3) is 0. The van der Waals surface area contributed by atoms with E-state index >= 15 is 0 Å². The molecule has 69 valence electrons. The maximum Gasteiger partial charge on any atom is 0.282 e. The predicted octanol–water partition coefficient (Wildman–Crippen LogP) is -5.25. The van der Waals surface area contributed by atoms with Crippen LogP contribution in [0.2, 0.25) is 0 Å². The van der Waals surface area contributed by atoms with Crippen LogP contribution in [0.15, 0.2) is 0 Å². The summed E-state index contributed by atoms with van der Waals surface area (Å²) in [7, 11) is -6.29. The van der Waals surface area contributed by atoms with Crippen molar-refractivity contribution >= 4 is 8.34 Å². The van der Waals surface area contributed by atoms with Gasteiger partial charge in [-0.05, 0) is 0 Å². The van der Waals surface area contributed by atoms with E-state index in [-0.39, 0.29) is 0 Å². The fourth-order valence-corrected chi connectivity index (χ4v) is 0. The van der Waals surface area contributed by atoms with E-state index in [0.717, 1.165) is 0 Å². The van der Waals surface area contributed by atoms with Crippen LogP contribution in [0.5, 0.6) is 0 Å². The van der Waals surface area contributed by atoms with Crippen molar-refractivity contribution in [1.82, 2.24) is 0 Å². The summed E-state index contributed by atoms with van der Waals surface area (Å²) in [6.07, 6.45) is 0. The molecule has 0 fully saturated rings. The molecule has 0 aromatic carbocycles. The second-order valence-corrected chi connectivity index (χ2v) is 1.43. The van der Waals surface area contributed by atoms with Crippen LogP contribution in [-0.2, 0) is 9.13 Å². The van der Waals surface area contributed by atoms with Crippen molar-refractivity contribution in [2.24, 2.45) is 0 Å². The van der Waals surface area contributed by atoms with Crippen molar-refractivity contribution in [2.75, 3.05) is 0 Å². The number of halogens is 2. The van der Waals surface area contributed by atoms with Crippen LogP contribution in [0, 0.1) is 21.6 Å². The van der Waals surface area contributed by atoms with Crippen LogP contribution in [0.4, 0.5) is 0 Å². The van der Waals surface area contributed by atoms with E-state index in [1.807, 2.05) is 0 Å². The molecule has 2 N–H and O–H groups in total. The van der Waals surface area contributed by atoms with E-state index in [1.54, 1.807) is 0 Å². The third-order valence-corrected chi connectivity index (χ3v) is 0. The summed E-state index contributed by atoms with van der Waals surface area (Å²) in [6.45, 7) is 0. The van der Waals surface area contributed by atoms with Gasteiger partial charge in [0.1, 0.15) is 0 Å². The van der Waals surface area contributed by atoms with Gasteiger partial charge in [0.15, 0.2) is 0 Å². The zero-order chi connectivity index (χ0) is 9.86. The smallest absolute Gasteiger partial charge is 0.282 e. The average molecular weight is 232 g/mol. The third kappa shape index (κ3) is 5310. The van der Waals surface area contributed by atoms with E-state index in [4.69, 9.17) is 37.1 Å². The maximum atomic E-state index is 8.52. The van der Waals surface area contributed by atoms with Crippen LogP contribution < -0.4 is 18.6 Å². The SMILES string of the molecule is O=[P]=O.[O-][Cl+2]([O-])O.[O-][Cl+2]([O-])O. The first-order valence-corrected chi connectivity index (χ1v) is 3.96. The van der Waals surface area contributed by atoms with Gasteiger partial charge in [-0.2, -0.15) is 0 Å². The minimum atomic E-state index is -2.60. The Kier molecular flexibility index (Phi) is 26.6. The number of hydrogen-bond acceptors (Lipinski definition) is 8. The molecule has 0 atom stereocenters. The van der Waals surface area contributed by atoms with Crippen LogP contribution in [0.3, 0.4) is 0 Å². The van der Waals surface area contributed by atoms with E-state index < -0.39 is 29.9 Å². The molecule has 0 aliphatic heterocycles. The van der Waals surface area contributed by atoms with Crippen molar-refractivity contribution < 1.29 is 58.7 Å². The Labute approximate surface area is 67.7 Å². The molecule has 0 aromatic heterocycles. The first-order chi connectivity index (χ1) is 4.88. The summed E-state index contributed by atoms with van der Waals surface area (Å²) < 4.78 is 64.6. The Hall–Kier alpha value is 0.370. The molecule has 0 aromatic rings. The first-order valence-electron chi connectivity index (χ1n) is 1.32. The van der Waals surface area contributed by atoms with E-state index in [1.165, 1.54) is 0 Å². The van der Waals surface area contributed by atoms with Gasteiger partial charge >= 0.3 is 17.5 Å². The Morgan fingerprint density at radius 3 is 0.909 bits per heavy atom. The zero-order valence-electron chi connectivity index (χ0n) is 4.55. The molecule has 0 saturated carbocycles. The van der Waals surface area contributed by atoms with Crippen molar-refractivity contribution in [1.29, 1.82) is 0 Å². The molecular formula is H2Cl2O8P. The second kappa shape index (κ2) is 16.8. The van der Waals surface area contributed by atoms with Crippen LogP contribution in [0.1, 0.15) is 0 Å². The van der Waals surface area contributed by atoms with Gasteiger partial charge in [-0.25, -0.2) is 0 Å². The van der Waals surface area contributed by atoms with Gasteiger partial charge in [-0.3, -0.25) is 0 Å². The van der Waals surface area contributed by atoms with Gasteiger partial charge in [-0.1, -0.05) is 0 Å². The Morgan fingerprint density at radius 1 is 0.909 bits per heavy atom. The molecule has 1 radical (unpaired) electrons. The van der Waals surface area contributed by atoms with E-state index in [2.05, 4.69) is 0 Å². The number of hydrogen-bond donors (Lipinski definition) is 2. The molecule has 11 heteroatoms. The maximum absolute atomic E-state index is 8.52. The van der Waals surface area contributed by atoms with Gasteiger partial charge in [0.05, 0.1) is 0 Å². The number of rotatable bonds is 0. The van der Waals surface area contributed by atoms with Gasteiger partial charge in [-0.15, -0.1) is 0 Å². The molecule has 11 heavy (non-hydrogen) atoms. The topological polar surface area (TPSA) is 167 Å². The molecule has 0 amide bonds. The van der Waals surface area contributed by atoms with Crippen LogP contribution in [0.25, 0.3) is 0 Å². The summed E-state index contributed by atoms with van der Waals surface area (Å²) >= 11 is 0. The summed E-state index contributed by atoms with van der Waals surface area (Å²) in [4.78, 5) is 0. The minimum Gasteiger partial charge on any atom is -0.321 e. The second-order valence-electron chi connectivity index (χ2n) is 0.477. The van der Waals surface area contributed by atoms with Crippen LogP contribution >= 0.6 is 8.34 Å². The molecule has 0 heterocycles. The van der Waals surface area contributed by atoms with Crippen LogP contribution in [-0.4, -0.2) is 9.32 Å². The summed E-state index contributed by atoms with van der Waals surface area (Å²) in [6, 6.07) is 0. The van der Waals surface area contributed by atoms with E-state index in [0.29, 0.717) is 0 Å². The quantitative estimate of drug-likeness (QED) is 0.390. The Bertz CT molecular complexity index is 72.6. The van der Waals surface area contributed by atoms with Crippen molar-refractivity contribution in [3.05, 3.63) is 0 Å². The molecule has 0 aliphatic carbocycles. The summed E-state index contributed by atoms with van der Waals surface area (Å²) in [5.74, 6) is 0. The summed E-state index contributed by atoms with van der Waals surface area (Å²) in [5.41, 5.74) is 0. The average Bonchev–Trinajstić information content (AvgIpc) is 1.60. The van der Waals surface area contributed by atoms with Crippen molar-refractivity contribution in [3.63, 3.8) is 0 Å². The van der Waals surface area contributed by atoms with Crippen molar-refractivity contribution in [2.45, 2.75) is 0 Å². The summed E-state index contributed by atoms with van der Waals surface area (Å²) in [5, 5.41) is 0. The monoisotopic (exact) mass is 231 g/mol. The van der Waals surface area contributed by atoms with Gasteiger partial charge in [0.25, 0.3) is 21.6 Å². The third-order valence-electron chi connectivity index (χ3n) is 0. The molecular weight excluding hydrogens is 230 g/mol. The van der Waals surface area contributed by atoms with Crippen molar-refractivity contribution in [3.8, 4) is 0 Å².